The van der Waals surface area contributed by atoms with E-state index in [0.29, 0.717) is 22.6 Å². The molecule has 8 nitrogen and oxygen atoms in total. The van der Waals surface area contributed by atoms with Crippen molar-refractivity contribution < 1.29 is 19.4 Å². The van der Waals surface area contributed by atoms with Gasteiger partial charge in [0.15, 0.2) is 0 Å². The minimum Gasteiger partial charge on any atom is -0.507 e. The Bertz CT molecular complexity index is 1300. The summed E-state index contributed by atoms with van der Waals surface area (Å²) in [5, 5.41) is 11.3. The summed E-state index contributed by atoms with van der Waals surface area (Å²) < 4.78 is 5.40. The Balaban J connectivity index is 1.58. The number of hydrogen-bond acceptors (Lipinski definition) is 7. The zero-order valence-corrected chi connectivity index (χ0v) is 20.3. The number of rotatable bonds is 5. The minimum atomic E-state index is -0.813. The molecule has 1 amide bonds. The first-order valence-corrected chi connectivity index (χ1v) is 11.9. The Labute approximate surface area is 210 Å². The number of pyridine rings is 1. The van der Waals surface area contributed by atoms with E-state index in [1.807, 2.05) is 24.3 Å². The number of Topliss-reactive ketones (excluding diaryl/α,β-unsaturated/α-hetero) is 1. The number of para-hydroxylation sites is 1. The minimum absolute atomic E-state index is 0.0128. The molecule has 1 unspecified atom stereocenters. The summed E-state index contributed by atoms with van der Waals surface area (Å²) in [5.41, 5.74) is 2.68. The largest absolute Gasteiger partial charge is 0.507 e. The number of carbonyl (C=O) groups is 2. The lowest BCUT2D eigenvalue weighted by molar-refractivity contribution is -0.132. The molecule has 5 rings (SSSR count). The number of amides is 1. The van der Waals surface area contributed by atoms with Crippen molar-refractivity contribution in [3.63, 3.8) is 0 Å². The van der Waals surface area contributed by atoms with Gasteiger partial charge in [0.2, 0.25) is 0 Å². The van der Waals surface area contributed by atoms with Crippen LogP contribution in [0.15, 0.2) is 78.6 Å². The molecule has 3 aromatic rings. The molecular formula is C28H28N4O4. The summed E-state index contributed by atoms with van der Waals surface area (Å²) >= 11 is 0. The van der Waals surface area contributed by atoms with Crippen molar-refractivity contribution in [2.45, 2.75) is 6.04 Å². The van der Waals surface area contributed by atoms with Crippen LogP contribution in [0.5, 0.6) is 5.75 Å². The van der Waals surface area contributed by atoms with Crippen LogP contribution < -0.4 is 14.5 Å². The molecule has 0 saturated carbocycles. The predicted molar refractivity (Wildman–Crippen MR) is 138 cm³/mol. The summed E-state index contributed by atoms with van der Waals surface area (Å²) in [7, 11) is 3.61. The first-order valence-electron chi connectivity index (χ1n) is 11.9. The predicted octanol–water partition coefficient (Wildman–Crippen LogP) is 3.47. The van der Waals surface area contributed by atoms with Gasteiger partial charge in [-0.2, -0.15) is 0 Å². The number of anilines is 2. The Morgan fingerprint density at radius 1 is 0.917 bits per heavy atom. The van der Waals surface area contributed by atoms with Crippen molar-refractivity contribution in [3.8, 4) is 5.75 Å². The molecule has 0 bridgehead atoms. The molecule has 1 aromatic heterocycles. The molecule has 2 aliphatic heterocycles. The van der Waals surface area contributed by atoms with Gasteiger partial charge >= 0.3 is 0 Å². The van der Waals surface area contributed by atoms with Gasteiger partial charge < -0.3 is 19.6 Å². The van der Waals surface area contributed by atoms with Gasteiger partial charge in [-0.3, -0.25) is 19.5 Å². The zero-order chi connectivity index (χ0) is 25.2. The van der Waals surface area contributed by atoms with E-state index in [0.717, 1.165) is 31.9 Å². The van der Waals surface area contributed by atoms with Crippen molar-refractivity contribution >= 4 is 28.8 Å². The second kappa shape index (κ2) is 9.83. The Hall–Kier alpha value is -4.17. The molecule has 0 spiro atoms. The van der Waals surface area contributed by atoms with E-state index >= 15 is 0 Å². The van der Waals surface area contributed by atoms with Crippen LogP contribution in [-0.2, 0) is 9.59 Å². The summed E-state index contributed by atoms with van der Waals surface area (Å²) in [5.74, 6) is -1.31. The number of ketones is 1. The highest BCUT2D eigenvalue weighted by Crippen LogP contribution is 2.43. The number of aliphatic hydroxyl groups is 1. The number of hydrogen-bond donors (Lipinski definition) is 1. The van der Waals surface area contributed by atoms with Gasteiger partial charge in [-0.05, 0) is 61.1 Å². The van der Waals surface area contributed by atoms with E-state index in [2.05, 4.69) is 21.8 Å². The normalized spacial score (nSPS) is 20.1. The second-order valence-electron chi connectivity index (χ2n) is 8.96. The van der Waals surface area contributed by atoms with Gasteiger partial charge in [0.05, 0.1) is 24.3 Å². The SMILES string of the molecule is COc1ccccc1/C(O)=C1\C(=O)C(=O)N(c2ccc(N3CCN(C)CC3)cc2)C1c1ccncc1. The number of aromatic nitrogens is 1. The summed E-state index contributed by atoms with van der Waals surface area (Å²) in [6.07, 6.45) is 3.21. The van der Waals surface area contributed by atoms with Gasteiger partial charge in [-0.15, -0.1) is 0 Å². The molecule has 2 fully saturated rings. The molecular weight excluding hydrogens is 456 g/mol. The Morgan fingerprint density at radius 2 is 1.56 bits per heavy atom. The van der Waals surface area contributed by atoms with Crippen LogP contribution in [-0.4, -0.2) is 67.0 Å². The third kappa shape index (κ3) is 4.20. The fourth-order valence-corrected chi connectivity index (χ4v) is 4.83. The van der Waals surface area contributed by atoms with E-state index in [-0.39, 0.29) is 11.3 Å². The first-order chi connectivity index (χ1) is 17.5. The molecule has 3 heterocycles. The molecule has 184 valence electrons. The molecule has 1 N–H and O–H groups in total. The molecule has 8 heteroatoms. The van der Waals surface area contributed by atoms with Crippen molar-refractivity contribution in [1.82, 2.24) is 9.88 Å². The maximum Gasteiger partial charge on any atom is 0.300 e. The first kappa shape index (κ1) is 23.6. The molecule has 1 atom stereocenters. The van der Waals surface area contributed by atoms with Crippen LogP contribution in [0.1, 0.15) is 17.2 Å². The van der Waals surface area contributed by atoms with Crippen LogP contribution in [0.4, 0.5) is 11.4 Å². The Morgan fingerprint density at radius 3 is 2.22 bits per heavy atom. The zero-order valence-electron chi connectivity index (χ0n) is 20.3. The van der Waals surface area contributed by atoms with E-state index in [9.17, 15) is 14.7 Å². The van der Waals surface area contributed by atoms with Gasteiger partial charge in [0.25, 0.3) is 11.7 Å². The van der Waals surface area contributed by atoms with E-state index < -0.39 is 17.7 Å². The number of ether oxygens (including phenoxy) is 1. The lowest BCUT2D eigenvalue weighted by atomic mass is 9.95. The summed E-state index contributed by atoms with van der Waals surface area (Å²) in [6, 6.07) is 17.2. The lowest BCUT2D eigenvalue weighted by Gasteiger charge is -2.34. The van der Waals surface area contributed by atoms with Crippen molar-refractivity contribution in [2.24, 2.45) is 0 Å². The second-order valence-corrected chi connectivity index (χ2v) is 8.96. The smallest absolute Gasteiger partial charge is 0.300 e. The van der Waals surface area contributed by atoms with Crippen molar-refractivity contribution in [3.05, 3.63) is 89.8 Å². The number of carbonyl (C=O) groups excluding carboxylic acids is 2. The lowest BCUT2D eigenvalue weighted by Crippen LogP contribution is -2.44. The van der Waals surface area contributed by atoms with Gasteiger partial charge in [0, 0.05) is 49.9 Å². The third-order valence-corrected chi connectivity index (χ3v) is 6.82. The van der Waals surface area contributed by atoms with E-state index in [1.165, 1.54) is 12.0 Å². The van der Waals surface area contributed by atoms with Gasteiger partial charge in [0.1, 0.15) is 11.5 Å². The average molecular weight is 485 g/mol. The number of piperazine rings is 1. The molecule has 2 aromatic carbocycles. The number of aliphatic hydroxyl groups excluding tert-OH is 1. The highest BCUT2D eigenvalue weighted by molar-refractivity contribution is 6.51. The van der Waals surface area contributed by atoms with Crippen LogP contribution in [0.3, 0.4) is 0 Å². The van der Waals surface area contributed by atoms with Gasteiger partial charge in [-0.1, -0.05) is 12.1 Å². The van der Waals surface area contributed by atoms with Gasteiger partial charge in [-0.25, -0.2) is 0 Å². The summed E-state index contributed by atoms with van der Waals surface area (Å²) in [6.45, 7) is 3.83. The standard InChI is InChI=1S/C28H28N4O4/c1-30-15-17-31(18-16-30)20-7-9-21(10-8-20)32-25(19-11-13-29-14-12-19)24(27(34)28(32)35)26(33)22-5-3-4-6-23(22)36-2/h3-14,25,33H,15-18H2,1-2H3/b26-24+. The van der Waals surface area contributed by atoms with Crippen molar-refractivity contribution in [2.75, 3.05) is 50.1 Å². The number of methoxy groups -OCH3 is 1. The van der Waals surface area contributed by atoms with Crippen LogP contribution in [0.2, 0.25) is 0 Å². The van der Waals surface area contributed by atoms with Crippen LogP contribution >= 0.6 is 0 Å². The fraction of sp³-hybridized carbons (Fsp3) is 0.250. The van der Waals surface area contributed by atoms with Crippen molar-refractivity contribution in [1.29, 1.82) is 0 Å². The highest BCUT2D eigenvalue weighted by Gasteiger charge is 2.47. The molecule has 2 aliphatic rings. The van der Waals surface area contributed by atoms with Crippen LogP contribution in [0.25, 0.3) is 5.76 Å². The Kier molecular flexibility index (Phi) is 6.43. The summed E-state index contributed by atoms with van der Waals surface area (Å²) in [4.78, 5) is 36.9. The maximum absolute atomic E-state index is 13.4. The number of likely N-dealkylation sites (N-methyl/N-ethyl adjacent to an activating group) is 1. The number of nitrogens with zero attached hydrogens (tertiary/aromatic N) is 4. The third-order valence-electron chi connectivity index (χ3n) is 6.82. The quantitative estimate of drug-likeness (QED) is 0.337. The monoisotopic (exact) mass is 484 g/mol. The molecule has 0 aliphatic carbocycles. The number of benzene rings is 2. The maximum atomic E-state index is 13.4. The highest BCUT2D eigenvalue weighted by atomic mass is 16.5. The molecule has 0 radical (unpaired) electrons. The topological polar surface area (TPSA) is 86.2 Å². The van der Waals surface area contributed by atoms with E-state index in [1.54, 1.807) is 48.8 Å². The van der Waals surface area contributed by atoms with Crippen LogP contribution in [0, 0.1) is 0 Å². The fourth-order valence-electron chi connectivity index (χ4n) is 4.83. The van der Waals surface area contributed by atoms with E-state index in [4.69, 9.17) is 4.74 Å². The molecule has 36 heavy (non-hydrogen) atoms. The average Bonchev–Trinajstić information content (AvgIpc) is 3.19. The molecule has 2 saturated heterocycles.